The second-order valence-electron chi connectivity index (χ2n) is 9.36. The molecule has 0 amide bonds. The van der Waals surface area contributed by atoms with E-state index >= 15 is 0 Å². The number of esters is 1. The van der Waals surface area contributed by atoms with E-state index in [1.54, 1.807) is 42.5 Å². The summed E-state index contributed by atoms with van der Waals surface area (Å²) in [4.78, 5) is 12.8. The van der Waals surface area contributed by atoms with Gasteiger partial charge in [-0.25, -0.2) is 4.79 Å². The number of rotatable bonds is 12. The van der Waals surface area contributed by atoms with Crippen LogP contribution in [0.1, 0.15) is 73.4 Å². The molecule has 202 valence electrons. The Bertz CT molecular complexity index is 1340. The number of carbonyl (C=O) groups is 1. The first kappa shape index (κ1) is 27.6. The van der Waals surface area contributed by atoms with Gasteiger partial charge in [0.05, 0.1) is 24.7 Å². The van der Waals surface area contributed by atoms with E-state index in [9.17, 15) is 10.1 Å². The van der Waals surface area contributed by atoms with Crippen LogP contribution in [0.25, 0.3) is 0 Å². The van der Waals surface area contributed by atoms with Gasteiger partial charge in [0, 0.05) is 11.6 Å². The molecule has 4 rings (SSSR count). The van der Waals surface area contributed by atoms with Crippen LogP contribution >= 0.6 is 0 Å². The zero-order valence-electron chi connectivity index (χ0n) is 22.4. The van der Waals surface area contributed by atoms with Gasteiger partial charge in [-0.05, 0) is 60.9 Å². The van der Waals surface area contributed by atoms with Crippen LogP contribution in [0.3, 0.4) is 0 Å². The Hall–Kier alpha value is -4.44. The molecule has 0 saturated heterocycles. The van der Waals surface area contributed by atoms with Crippen molar-refractivity contribution >= 4 is 5.97 Å². The highest BCUT2D eigenvalue weighted by Crippen LogP contribution is 2.43. The number of benzene rings is 3. The van der Waals surface area contributed by atoms with Gasteiger partial charge >= 0.3 is 5.97 Å². The van der Waals surface area contributed by atoms with Crippen LogP contribution in [0.4, 0.5) is 0 Å². The number of allylic oxidation sites excluding steroid dienone is 1. The van der Waals surface area contributed by atoms with Crippen LogP contribution in [0.2, 0.25) is 0 Å². The number of hydrogen-bond acceptors (Lipinski definition) is 7. The lowest BCUT2D eigenvalue weighted by Gasteiger charge is -2.26. The molecule has 0 bridgehead atoms. The third-order valence-electron chi connectivity index (χ3n) is 6.49. The topological polar surface area (TPSA) is 104 Å². The number of hydrogen-bond donors (Lipinski definition) is 1. The molecule has 1 atom stereocenters. The fraction of sp³-hybridized carbons (Fsp3) is 0.312. The summed E-state index contributed by atoms with van der Waals surface area (Å²) in [5.74, 6) is 1.33. The van der Waals surface area contributed by atoms with Crippen molar-refractivity contribution in [2.24, 2.45) is 5.73 Å². The zero-order chi connectivity index (χ0) is 27.6. The molecule has 0 saturated carbocycles. The zero-order valence-corrected chi connectivity index (χ0v) is 22.4. The number of ether oxygens (including phenoxy) is 4. The lowest BCUT2D eigenvalue weighted by Crippen LogP contribution is -2.21. The number of nitrogens with zero attached hydrogens (tertiary/aromatic N) is 1. The summed E-state index contributed by atoms with van der Waals surface area (Å²) in [5, 5.41) is 9.84. The molecule has 3 aromatic carbocycles. The molecular formula is C32H34N2O5. The second-order valence-corrected chi connectivity index (χ2v) is 9.36. The molecule has 1 heterocycles. The summed E-state index contributed by atoms with van der Waals surface area (Å²) in [6.45, 7) is 5.57. The van der Waals surface area contributed by atoms with Crippen molar-refractivity contribution in [3.8, 4) is 29.1 Å². The SMILES string of the molecule is CCCCCOc1ccc(C(=O)Oc2ccc3c(c2)OC(N)=C(C#N)C3c2ccc(OCCCC)cc2)cc1. The lowest BCUT2D eigenvalue weighted by atomic mass is 9.83. The van der Waals surface area contributed by atoms with Crippen molar-refractivity contribution in [2.45, 2.75) is 51.9 Å². The maximum Gasteiger partial charge on any atom is 0.343 e. The summed E-state index contributed by atoms with van der Waals surface area (Å²) >= 11 is 0. The molecule has 2 N–H and O–H groups in total. The van der Waals surface area contributed by atoms with E-state index in [1.165, 1.54) is 0 Å². The van der Waals surface area contributed by atoms with Crippen molar-refractivity contribution in [3.63, 3.8) is 0 Å². The summed E-state index contributed by atoms with van der Waals surface area (Å²) in [6, 6.07) is 21.8. The van der Waals surface area contributed by atoms with Gasteiger partial charge in [0.15, 0.2) is 0 Å². The summed E-state index contributed by atoms with van der Waals surface area (Å²) in [7, 11) is 0. The van der Waals surface area contributed by atoms with Crippen LogP contribution < -0.4 is 24.7 Å². The first-order valence-electron chi connectivity index (χ1n) is 13.4. The van der Waals surface area contributed by atoms with E-state index < -0.39 is 11.9 Å². The first-order chi connectivity index (χ1) is 19.0. The lowest BCUT2D eigenvalue weighted by molar-refractivity contribution is 0.0734. The minimum absolute atomic E-state index is 0.0243. The van der Waals surface area contributed by atoms with Crippen molar-refractivity contribution < 1.29 is 23.7 Å². The molecule has 0 spiro atoms. The van der Waals surface area contributed by atoms with Crippen LogP contribution in [-0.2, 0) is 0 Å². The minimum atomic E-state index is -0.500. The van der Waals surface area contributed by atoms with Gasteiger partial charge in [0.2, 0.25) is 5.88 Å². The first-order valence-corrected chi connectivity index (χ1v) is 13.4. The quantitative estimate of drug-likeness (QED) is 0.156. The summed E-state index contributed by atoms with van der Waals surface area (Å²) in [6.07, 6.45) is 5.29. The van der Waals surface area contributed by atoms with Crippen LogP contribution in [0.5, 0.6) is 23.0 Å². The van der Waals surface area contributed by atoms with Gasteiger partial charge in [-0.1, -0.05) is 51.3 Å². The van der Waals surface area contributed by atoms with Crippen molar-refractivity contribution in [1.82, 2.24) is 0 Å². The average Bonchev–Trinajstić information content (AvgIpc) is 2.95. The largest absolute Gasteiger partial charge is 0.494 e. The van der Waals surface area contributed by atoms with E-state index in [-0.39, 0.29) is 5.88 Å². The number of nitriles is 1. The predicted octanol–water partition coefficient (Wildman–Crippen LogP) is 6.87. The van der Waals surface area contributed by atoms with Gasteiger partial charge in [0.1, 0.15) is 34.6 Å². The molecule has 3 aromatic rings. The van der Waals surface area contributed by atoms with Gasteiger partial charge < -0.3 is 24.7 Å². The van der Waals surface area contributed by atoms with Gasteiger partial charge in [0.25, 0.3) is 0 Å². The maximum atomic E-state index is 12.8. The third kappa shape index (κ3) is 6.91. The van der Waals surface area contributed by atoms with Crippen molar-refractivity contribution in [1.29, 1.82) is 5.26 Å². The van der Waals surface area contributed by atoms with Crippen molar-refractivity contribution in [3.05, 3.63) is 94.9 Å². The molecule has 7 nitrogen and oxygen atoms in total. The molecule has 0 aromatic heterocycles. The van der Waals surface area contributed by atoms with Gasteiger partial charge in [-0.2, -0.15) is 5.26 Å². The standard InChI is InChI=1S/C32H34N2O5/c1-3-5-7-19-37-25-14-10-23(11-15-25)32(35)38-26-16-17-27-29(20-26)39-31(34)28(21-33)30(27)22-8-12-24(13-9-22)36-18-6-4-2/h8-17,20,30H,3-7,18-19,34H2,1-2H3. The fourth-order valence-corrected chi connectivity index (χ4v) is 4.33. The minimum Gasteiger partial charge on any atom is -0.494 e. The Morgan fingerprint density at radius 3 is 2.13 bits per heavy atom. The Labute approximate surface area is 229 Å². The molecule has 1 unspecified atom stereocenters. The molecular weight excluding hydrogens is 492 g/mol. The van der Waals surface area contributed by atoms with E-state index in [4.69, 9.17) is 24.7 Å². The normalized spacial score (nSPS) is 14.1. The second kappa shape index (κ2) is 13.4. The smallest absolute Gasteiger partial charge is 0.343 e. The monoisotopic (exact) mass is 526 g/mol. The molecule has 1 aliphatic rings. The summed E-state index contributed by atoms with van der Waals surface area (Å²) in [5.41, 5.74) is 8.50. The summed E-state index contributed by atoms with van der Waals surface area (Å²) < 4.78 is 22.9. The van der Waals surface area contributed by atoms with Crippen molar-refractivity contribution in [2.75, 3.05) is 13.2 Å². The Balaban J connectivity index is 1.49. The molecule has 7 heteroatoms. The number of nitrogens with two attached hydrogens (primary N) is 1. The van der Waals surface area contributed by atoms with E-state index in [0.29, 0.717) is 41.6 Å². The third-order valence-corrected chi connectivity index (χ3v) is 6.49. The van der Waals surface area contributed by atoms with E-state index in [2.05, 4.69) is 19.9 Å². The van der Waals surface area contributed by atoms with E-state index in [0.717, 1.165) is 49.0 Å². The number of fused-ring (bicyclic) bond motifs is 1. The maximum absolute atomic E-state index is 12.8. The predicted molar refractivity (Wildman–Crippen MR) is 149 cm³/mol. The average molecular weight is 527 g/mol. The molecule has 1 aliphatic heterocycles. The molecule has 0 fully saturated rings. The highest BCUT2D eigenvalue weighted by atomic mass is 16.5. The van der Waals surface area contributed by atoms with Crippen LogP contribution in [0, 0.1) is 11.3 Å². The number of unbranched alkanes of at least 4 members (excludes halogenated alkanes) is 3. The van der Waals surface area contributed by atoms with E-state index in [1.807, 2.05) is 24.3 Å². The van der Waals surface area contributed by atoms with Gasteiger partial charge in [-0.15, -0.1) is 0 Å². The molecule has 0 aliphatic carbocycles. The Morgan fingerprint density at radius 2 is 1.49 bits per heavy atom. The fourth-order valence-electron chi connectivity index (χ4n) is 4.33. The highest BCUT2D eigenvalue weighted by Gasteiger charge is 2.31. The molecule has 39 heavy (non-hydrogen) atoms. The highest BCUT2D eigenvalue weighted by molar-refractivity contribution is 5.91. The van der Waals surface area contributed by atoms with Crippen LogP contribution in [0.15, 0.2) is 78.2 Å². The Morgan fingerprint density at radius 1 is 0.872 bits per heavy atom. The number of carbonyl (C=O) groups excluding carboxylic acids is 1. The Kier molecular flexibility index (Phi) is 9.47. The molecule has 0 radical (unpaired) electrons. The van der Waals surface area contributed by atoms with Gasteiger partial charge in [-0.3, -0.25) is 0 Å². The van der Waals surface area contributed by atoms with Crippen LogP contribution in [-0.4, -0.2) is 19.2 Å².